The highest BCUT2D eigenvalue weighted by atomic mass is 79.9. The van der Waals surface area contributed by atoms with Crippen molar-refractivity contribution < 1.29 is 0 Å². The van der Waals surface area contributed by atoms with E-state index in [0.29, 0.717) is 6.04 Å². The van der Waals surface area contributed by atoms with Gasteiger partial charge in [0.15, 0.2) is 5.82 Å². The number of anilines is 2. The van der Waals surface area contributed by atoms with Gasteiger partial charge in [0.1, 0.15) is 0 Å². The number of aromatic nitrogens is 1. The molecule has 102 valence electrons. The first-order valence-electron chi connectivity index (χ1n) is 7.50. The van der Waals surface area contributed by atoms with Crippen molar-refractivity contribution in [2.75, 3.05) is 16.8 Å². The average molecular weight is 322 g/mol. The molecule has 3 unspecified atom stereocenters. The molecule has 3 nitrogen and oxygen atoms in total. The summed E-state index contributed by atoms with van der Waals surface area (Å²) in [4.78, 5) is 7.37. The van der Waals surface area contributed by atoms with Crippen molar-refractivity contribution in [2.45, 2.75) is 50.6 Å². The number of nitrogens with one attached hydrogen (secondary N) is 1. The predicted molar refractivity (Wildman–Crippen MR) is 81.7 cm³/mol. The highest BCUT2D eigenvalue weighted by molar-refractivity contribution is 9.10. The second kappa shape index (κ2) is 4.65. The Bertz CT molecular complexity index is 490. The van der Waals surface area contributed by atoms with Crippen molar-refractivity contribution in [2.24, 2.45) is 5.92 Å². The molecule has 4 heteroatoms. The van der Waals surface area contributed by atoms with Gasteiger partial charge in [0.25, 0.3) is 0 Å². The number of piperidine rings is 1. The van der Waals surface area contributed by atoms with Crippen LogP contribution in [0.4, 0.5) is 11.5 Å². The van der Waals surface area contributed by atoms with Crippen LogP contribution in [0.3, 0.4) is 0 Å². The highest BCUT2D eigenvalue weighted by Crippen LogP contribution is 2.44. The SMILES string of the molecule is Brc1cnc2c(c1)NCC1CCC3CCCCC3N21. The molecule has 0 amide bonds. The molecule has 0 radical (unpaired) electrons. The van der Waals surface area contributed by atoms with Gasteiger partial charge in [-0.15, -0.1) is 0 Å². The van der Waals surface area contributed by atoms with E-state index in [9.17, 15) is 0 Å². The lowest BCUT2D eigenvalue weighted by molar-refractivity contribution is 0.214. The van der Waals surface area contributed by atoms with Gasteiger partial charge in [-0.05, 0) is 53.6 Å². The Morgan fingerprint density at radius 2 is 2.11 bits per heavy atom. The van der Waals surface area contributed by atoms with Crippen molar-refractivity contribution in [1.82, 2.24) is 4.98 Å². The van der Waals surface area contributed by atoms with Gasteiger partial charge in [0.05, 0.1) is 5.69 Å². The zero-order chi connectivity index (χ0) is 12.8. The first-order chi connectivity index (χ1) is 9.33. The topological polar surface area (TPSA) is 28.2 Å². The van der Waals surface area contributed by atoms with Gasteiger partial charge in [0, 0.05) is 29.3 Å². The van der Waals surface area contributed by atoms with E-state index in [4.69, 9.17) is 4.98 Å². The van der Waals surface area contributed by atoms with Gasteiger partial charge in [0.2, 0.25) is 0 Å². The maximum Gasteiger partial charge on any atom is 0.152 e. The molecule has 3 aliphatic rings. The summed E-state index contributed by atoms with van der Waals surface area (Å²) >= 11 is 3.53. The molecule has 1 aliphatic carbocycles. The van der Waals surface area contributed by atoms with E-state index in [1.807, 2.05) is 6.20 Å². The van der Waals surface area contributed by atoms with Crippen LogP contribution in [-0.4, -0.2) is 23.6 Å². The van der Waals surface area contributed by atoms with Crippen LogP contribution >= 0.6 is 15.9 Å². The van der Waals surface area contributed by atoms with Crippen LogP contribution in [0.2, 0.25) is 0 Å². The van der Waals surface area contributed by atoms with Crippen molar-refractivity contribution >= 4 is 27.4 Å². The van der Waals surface area contributed by atoms with Gasteiger partial charge in [-0.2, -0.15) is 0 Å². The first-order valence-corrected chi connectivity index (χ1v) is 8.30. The zero-order valence-electron chi connectivity index (χ0n) is 11.1. The molecule has 1 aromatic rings. The molecule has 2 aliphatic heterocycles. The Balaban J connectivity index is 1.74. The summed E-state index contributed by atoms with van der Waals surface area (Å²) in [6.45, 7) is 1.08. The van der Waals surface area contributed by atoms with Crippen molar-refractivity contribution in [3.05, 3.63) is 16.7 Å². The van der Waals surface area contributed by atoms with E-state index in [1.54, 1.807) is 0 Å². The molecule has 1 saturated carbocycles. The normalized spacial score (nSPS) is 32.9. The van der Waals surface area contributed by atoms with Crippen LogP contribution in [-0.2, 0) is 0 Å². The van der Waals surface area contributed by atoms with Gasteiger partial charge >= 0.3 is 0 Å². The summed E-state index contributed by atoms with van der Waals surface area (Å²) in [5.41, 5.74) is 1.21. The second-order valence-corrected chi connectivity index (χ2v) is 7.07. The quantitative estimate of drug-likeness (QED) is 0.787. The number of hydrogen-bond acceptors (Lipinski definition) is 3. The van der Waals surface area contributed by atoms with Crippen LogP contribution in [0, 0.1) is 5.92 Å². The Labute approximate surface area is 122 Å². The fraction of sp³-hybridized carbons (Fsp3) is 0.667. The molecular formula is C15H20BrN3. The minimum absolute atomic E-state index is 0.653. The van der Waals surface area contributed by atoms with Crippen LogP contribution < -0.4 is 10.2 Å². The summed E-state index contributed by atoms with van der Waals surface area (Å²) < 4.78 is 1.06. The molecule has 19 heavy (non-hydrogen) atoms. The lowest BCUT2D eigenvalue weighted by Gasteiger charge is -2.51. The van der Waals surface area contributed by atoms with Crippen LogP contribution in [0.15, 0.2) is 16.7 Å². The van der Waals surface area contributed by atoms with Gasteiger partial charge in [-0.3, -0.25) is 0 Å². The van der Waals surface area contributed by atoms with E-state index >= 15 is 0 Å². The fourth-order valence-electron chi connectivity index (χ4n) is 4.23. The van der Waals surface area contributed by atoms with E-state index in [2.05, 4.69) is 32.2 Å². The largest absolute Gasteiger partial charge is 0.380 e. The molecule has 0 bridgehead atoms. The molecule has 2 fully saturated rings. The molecular weight excluding hydrogens is 302 g/mol. The maximum atomic E-state index is 4.71. The van der Waals surface area contributed by atoms with Gasteiger partial charge in [-0.1, -0.05) is 12.8 Å². The number of rotatable bonds is 0. The first kappa shape index (κ1) is 12.0. The Kier molecular flexibility index (Phi) is 2.94. The van der Waals surface area contributed by atoms with Crippen molar-refractivity contribution in [3.8, 4) is 0 Å². The average Bonchev–Trinajstić information content (AvgIpc) is 2.46. The molecule has 0 aromatic carbocycles. The monoisotopic (exact) mass is 321 g/mol. The summed E-state index contributed by atoms with van der Waals surface area (Å²) in [5, 5.41) is 3.56. The highest BCUT2D eigenvalue weighted by Gasteiger charge is 2.41. The number of pyridine rings is 1. The van der Waals surface area contributed by atoms with Crippen LogP contribution in [0.1, 0.15) is 38.5 Å². The van der Waals surface area contributed by atoms with Crippen LogP contribution in [0.25, 0.3) is 0 Å². The summed E-state index contributed by atoms with van der Waals surface area (Å²) in [6.07, 6.45) is 10.3. The minimum atomic E-state index is 0.653. The molecule has 1 saturated heterocycles. The fourth-order valence-corrected chi connectivity index (χ4v) is 4.56. The molecule has 3 atom stereocenters. The third-order valence-corrected chi connectivity index (χ3v) is 5.53. The number of hydrogen-bond donors (Lipinski definition) is 1. The summed E-state index contributed by atoms with van der Waals surface area (Å²) in [6, 6.07) is 3.56. The van der Waals surface area contributed by atoms with E-state index < -0.39 is 0 Å². The smallest absolute Gasteiger partial charge is 0.152 e. The third kappa shape index (κ3) is 1.95. The molecule has 1 N–H and O–H groups in total. The van der Waals surface area contributed by atoms with Gasteiger partial charge in [-0.25, -0.2) is 4.98 Å². The van der Waals surface area contributed by atoms with Crippen molar-refractivity contribution in [3.63, 3.8) is 0 Å². The Morgan fingerprint density at radius 3 is 3.05 bits per heavy atom. The van der Waals surface area contributed by atoms with Crippen LogP contribution in [0.5, 0.6) is 0 Å². The predicted octanol–water partition coefficient (Wildman–Crippen LogP) is 3.80. The minimum Gasteiger partial charge on any atom is -0.380 e. The lowest BCUT2D eigenvalue weighted by Crippen LogP contribution is -2.57. The van der Waals surface area contributed by atoms with E-state index in [1.165, 1.54) is 50.0 Å². The number of halogens is 1. The Morgan fingerprint density at radius 1 is 1.21 bits per heavy atom. The summed E-state index contributed by atoms with van der Waals surface area (Å²) in [7, 11) is 0. The molecule has 0 spiro atoms. The standard InChI is InChI=1S/C15H20BrN3/c16-11-7-13-15(18-8-11)19-12(9-17-13)6-5-10-3-1-2-4-14(10)19/h7-8,10,12,14,17H,1-6,9H2. The maximum absolute atomic E-state index is 4.71. The number of nitrogens with zero attached hydrogens (tertiary/aromatic N) is 2. The third-order valence-electron chi connectivity index (χ3n) is 5.10. The molecule has 3 heterocycles. The lowest BCUT2D eigenvalue weighted by atomic mass is 9.76. The zero-order valence-corrected chi connectivity index (χ0v) is 12.7. The molecule has 1 aromatic heterocycles. The van der Waals surface area contributed by atoms with E-state index in [-0.39, 0.29) is 0 Å². The summed E-state index contributed by atoms with van der Waals surface area (Å²) in [5.74, 6) is 2.09. The Hall–Kier alpha value is -0.770. The van der Waals surface area contributed by atoms with Gasteiger partial charge < -0.3 is 10.2 Å². The van der Waals surface area contributed by atoms with E-state index in [0.717, 1.165) is 23.0 Å². The number of fused-ring (bicyclic) bond motifs is 5. The van der Waals surface area contributed by atoms with Crippen molar-refractivity contribution in [1.29, 1.82) is 0 Å². The second-order valence-electron chi connectivity index (χ2n) is 6.16. The molecule has 4 rings (SSSR count).